The summed E-state index contributed by atoms with van der Waals surface area (Å²) in [6, 6.07) is 0. The van der Waals surface area contributed by atoms with Crippen molar-refractivity contribution in [1.29, 1.82) is 0 Å². The zero-order valence-electron chi connectivity index (χ0n) is 9.03. The smallest absolute Gasteiger partial charge is 0.0948 e. The van der Waals surface area contributed by atoms with E-state index in [9.17, 15) is 0 Å². The van der Waals surface area contributed by atoms with Crippen molar-refractivity contribution >= 4 is 0 Å². The van der Waals surface area contributed by atoms with Gasteiger partial charge in [0.25, 0.3) is 0 Å². The van der Waals surface area contributed by atoms with Gasteiger partial charge in [-0.25, -0.2) is 4.98 Å². The van der Waals surface area contributed by atoms with E-state index in [0.717, 1.165) is 25.6 Å². The molecule has 0 aromatic carbocycles. The molecule has 2 atom stereocenters. The largest absolute Gasteiger partial charge is 0.335 e. The average Bonchev–Trinajstić information content (AvgIpc) is 2.66. The van der Waals surface area contributed by atoms with Gasteiger partial charge in [0.15, 0.2) is 0 Å². The van der Waals surface area contributed by atoms with Crippen LogP contribution in [0, 0.1) is 5.92 Å². The molecule has 1 fully saturated rings. The highest BCUT2D eigenvalue weighted by molar-refractivity contribution is 5.09. The molecule has 1 saturated heterocycles. The first-order valence-corrected chi connectivity index (χ1v) is 5.53. The SMILES string of the molecule is CCn1cncc1C1CCNCC1C. The Hall–Kier alpha value is -0.830. The number of nitrogens with one attached hydrogen (secondary N) is 1. The number of hydrogen-bond acceptors (Lipinski definition) is 2. The summed E-state index contributed by atoms with van der Waals surface area (Å²) in [4.78, 5) is 4.25. The Morgan fingerprint density at radius 2 is 2.50 bits per heavy atom. The highest BCUT2D eigenvalue weighted by Gasteiger charge is 2.24. The molecule has 1 aliphatic rings. The van der Waals surface area contributed by atoms with Gasteiger partial charge in [-0.2, -0.15) is 0 Å². The second-order valence-corrected chi connectivity index (χ2v) is 4.18. The van der Waals surface area contributed by atoms with Crippen LogP contribution in [-0.4, -0.2) is 22.6 Å². The maximum absolute atomic E-state index is 4.25. The van der Waals surface area contributed by atoms with Crippen LogP contribution in [0.25, 0.3) is 0 Å². The molecule has 1 N–H and O–H groups in total. The highest BCUT2D eigenvalue weighted by Crippen LogP contribution is 2.29. The van der Waals surface area contributed by atoms with Gasteiger partial charge in [-0.3, -0.25) is 0 Å². The van der Waals surface area contributed by atoms with E-state index in [1.807, 2.05) is 12.5 Å². The van der Waals surface area contributed by atoms with Gasteiger partial charge in [-0.15, -0.1) is 0 Å². The van der Waals surface area contributed by atoms with Crippen LogP contribution in [0.3, 0.4) is 0 Å². The van der Waals surface area contributed by atoms with Gasteiger partial charge in [0.1, 0.15) is 0 Å². The second-order valence-electron chi connectivity index (χ2n) is 4.18. The third kappa shape index (κ3) is 1.69. The maximum atomic E-state index is 4.25. The van der Waals surface area contributed by atoms with E-state index in [1.54, 1.807) is 0 Å². The van der Waals surface area contributed by atoms with E-state index in [2.05, 4.69) is 28.7 Å². The van der Waals surface area contributed by atoms with E-state index in [-0.39, 0.29) is 0 Å². The van der Waals surface area contributed by atoms with Gasteiger partial charge in [-0.05, 0) is 32.4 Å². The molecule has 2 heterocycles. The molecule has 3 heteroatoms. The first kappa shape index (κ1) is 9.71. The lowest BCUT2D eigenvalue weighted by molar-refractivity contribution is 0.337. The Labute approximate surface area is 85.5 Å². The maximum Gasteiger partial charge on any atom is 0.0948 e. The molecule has 2 rings (SSSR count). The van der Waals surface area contributed by atoms with E-state index >= 15 is 0 Å². The van der Waals surface area contributed by atoms with Gasteiger partial charge in [-0.1, -0.05) is 6.92 Å². The molecule has 14 heavy (non-hydrogen) atoms. The molecular weight excluding hydrogens is 174 g/mol. The fraction of sp³-hybridized carbons (Fsp3) is 0.727. The number of rotatable bonds is 2. The molecule has 0 amide bonds. The molecular formula is C11H19N3. The molecule has 2 unspecified atom stereocenters. The predicted molar refractivity (Wildman–Crippen MR) is 57.3 cm³/mol. The zero-order chi connectivity index (χ0) is 9.97. The lowest BCUT2D eigenvalue weighted by atomic mass is 9.85. The van der Waals surface area contributed by atoms with E-state index < -0.39 is 0 Å². The third-order valence-electron chi connectivity index (χ3n) is 3.25. The van der Waals surface area contributed by atoms with E-state index in [4.69, 9.17) is 0 Å². The zero-order valence-corrected chi connectivity index (χ0v) is 9.03. The Kier molecular flexibility index (Phi) is 2.87. The van der Waals surface area contributed by atoms with Crippen molar-refractivity contribution in [1.82, 2.24) is 14.9 Å². The van der Waals surface area contributed by atoms with Gasteiger partial charge in [0.05, 0.1) is 6.33 Å². The summed E-state index contributed by atoms with van der Waals surface area (Å²) in [6.07, 6.45) is 5.23. The second kappa shape index (κ2) is 4.13. The first-order valence-electron chi connectivity index (χ1n) is 5.53. The number of aryl methyl sites for hydroxylation is 1. The molecule has 1 aromatic heterocycles. The van der Waals surface area contributed by atoms with E-state index in [1.165, 1.54) is 12.1 Å². The quantitative estimate of drug-likeness (QED) is 0.773. The van der Waals surface area contributed by atoms with Crippen LogP contribution in [0.1, 0.15) is 31.9 Å². The predicted octanol–water partition coefficient (Wildman–Crippen LogP) is 1.62. The van der Waals surface area contributed by atoms with Crippen molar-refractivity contribution in [2.24, 2.45) is 5.92 Å². The molecule has 1 aromatic rings. The lowest BCUT2D eigenvalue weighted by Gasteiger charge is -2.29. The van der Waals surface area contributed by atoms with Crippen molar-refractivity contribution in [2.75, 3.05) is 13.1 Å². The molecule has 0 bridgehead atoms. The van der Waals surface area contributed by atoms with Gasteiger partial charge in [0.2, 0.25) is 0 Å². The normalized spacial score (nSPS) is 27.9. The number of imidazole rings is 1. The van der Waals surface area contributed by atoms with Crippen molar-refractivity contribution in [3.63, 3.8) is 0 Å². The van der Waals surface area contributed by atoms with Gasteiger partial charge >= 0.3 is 0 Å². The van der Waals surface area contributed by atoms with Crippen molar-refractivity contribution in [3.8, 4) is 0 Å². The highest BCUT2D eigenvalue weighted by atomic mass is 15.0. The summed E-state index contributed by atoms with van der Waals surface area (Å²) in [5.74, 6) is 1.42. The van der Waals surface area contributed by atoms with Crippen LogP contribution >= 0.6 is 0 Å². The summed E-state index contributed by atoms with van der Waals surface area (Å²) in [5, 5.41) is 3.43. The minimum atomic E-state index is 0.693. The molecule has 0 saturated carbocycles. The fourth-order valence-corrected chi connectivity index (χ4v) is 2.36. The van der Waals surface area contributed by atoms with Crippen LogP contribution < -0.4 is 5.32 Å². The summed E-state index contributed by atoms with van der Waals surface area (Å²) < 4.78 is 2.27. The topological polar surface area (TPSA) is 29.9 Å². The van der Waals surface area contributed by atoms with Crippen LogP contribution in [0.4, 0.5) is 0 Å². The number of piperidine rings is 1. The number of hydrogen-bond donors (Lipinski definition) is 1. The third-order valence-corrected chi connectivity index (χ3v) is 3.25. The van der Waals surface area contributed by atoms with E-state index in [0.29, 0.717) is 5.92 Å². The minimum Gasteiger partial charge on any atom is -0.335 e. The van der Waals surface area contributed by atoms with Gasteiger partial charge in [0, 0.05) is 24.4 Å². The Morgan fingerprint density at radius 3 is 3.21 bits per heavy atom. The Bertz CT molecular complexity index is 292. The molecule has 1 aliphatic heterocycles. The lowest BCUT2D eigenvalue weighted by Crippen LogP contribution is -2.34. The number of nitrogens with zero attached hydrogens (tertiary/aromatic N) is 2. The van der Waals surface area contributed by atoms with Crippen molar-refractivity contribution in [2.45, 2.75) is 32.7 Å². The summed E-state index contributed by atoms with van der Waals surface area (Å²) >= 11 is 0. The monoisotopic (exact) mass is 193 g/mol. The van der Waals surface area contributed by atoms with Crippen molar-refractivity contribution < 1.29 is 0 Å². The minimum absolute atomic E-state index is 0.693. The average molecular weight is 193 g/mol. The first-order chi connectivity index (χ1) is 6.83. The molecule has 0 spiro atoms. The summed E-state index contributed by atoms with van der Waals surface area (Å²) in [5.41, 5.74) is 1.42. The Morgan fingerprint density at radius 1 is 1.64 bits per heavy atom. The standard InChI is InChI=1S/C11H19N3/c1-3-14-8-13-7-11(14)10-4-5-12-6-9(10)2/h7-10,12H,3-6H2,1-2H3. The number of aromatic nitrogens is 2. The molecule has 78 valence electrons. The molecule has 0 aliphatic carbocycles. The fourth-order valence-electron chi connectivity index (χ4n) is 2.36. The van der Waals surface area contributed by atoms with Gasteiger partial charge < -0.3 is 9.88 Å². The van der Waals surface area contributed by atoms with Crippen LogP contribution in [0.5, 0.6) is 0 Å². The molecule has 0 radical (unpaired) electrons. The summed E-state index contributed by atoms with van der Waals surface area (Å²) in [6.45, 7) is 7.82. The Balaban J connectivity index is 2.20. The van der Waals surface area contributed by atoms with Crippen LogP contribution in [-0.2, 0) is 6.54 Å². The van der Waals surface area contributed by atoms with Crippen LogP contribution in [0.2, 0.25) is 0 Å². The summed E-state index contributed by atoms with van der Waals surface area (Å²) in [7, 11) is 0. The van der Waals surface area contributed by atoms with Crippen LogP contribution in [0.15, 0.2) is 12.5 Å². The molecule has 3 nitrogen and oxygen atoms in total. The van der Waals surface area contributed by atoms with Crippen molar-refractivity contribution in [3.05, 3.63) is 18.2 Å².